The fourth-order valence-electron chi connectivity index (χ4n) is 3.99. The van der Waals surface area contributed by atoms with Crippen molar-refractivity contribution in [2.24, 2.45) is 14.1 Å². The zero-order chi connectivity index (χ0) is 21.5. The van der Waals surface area contributed by atoms with E-state index in [-0.39, 0.29) is 5.91 Å². The van der Waals surface area contributed by atoms with Crippen molar-refractivity contribution >= 4 is 33.4 Å². The van der Waals surface area contributed by atoms with Crippen molar-refractivity contribution in [1.82, 2.24) is 14.3 Å². The maximum Gasteiger partial charge on any atom is 0.255 e. The van der Waals surface area contributed by atoms with E-state index in [0.717, 1.165) is 38.9 Å². The summed E-state index contributed by atoms with van der Waals surface area (Å²) in [5.41, 5.74) is 5.28. The van der Waals surface area contributed by atoms with Crippen molar-refractivity contribution in [3.63, 3.8) is 0 Å². The second kappa shape index (κ2) is 7.32. The summed E-state index contributed by atoms with van der Waals surface area (Å²) >= 11 is 0. The summed E-state index contributed by atoms with van der Waals surface area (Å²) in [6.45, 7) is 0. The minimum absolute atomic E-state index is 0.168. The molecule has 0 radical (unpaired) electrons. The highest BCUT2D eigenvalue weighted by Gasteiger charge is 2.17. The van der Waals surface area contributed by atoms with Gasteiger partial charge in [-0.3, -0.25) is 9.48 Å². The number of nitrogens with one attached hydrogen (secondary N) is 1. The van der Waals surface area contributed by atoms with E-state index < -0.39 is 0 Å². The number of methoxy groups -OCH3 is 1. The fraction of sp³-hybridized carbons (Fsp3) is 0.120. The van der Waals surface area contributed by atoms with E-state index >= 15 is 0 Å². The summed E-state index contributed by atoms with van der Waals surface area (Å²) in [4.78, 5) is 12.9. The van der Waals surface area contributed by atoms with Crippen molar-refractivity contribution in [2.45, 2.75) is 0 Å². The number of hydrogen-bond acceptors (Lipinski definition) is 3. The van der Waals surface area contributed by atoms with E-state index in [1.807, 2.05) is 73.4 Å². The van der Waals surface area contributed by atoms with Crippen LogP contribution >= 0.6 is 0 Å². The number of carbonyl (C=O) groups excluding carboxylic acids is 1. The molecule has 3 aromatic carbocycles. The number of aryl methyl sites for hydroxylation is 2. The Labute approximate surface area is 179 Å². The standard InChI is InChI=1S/C25H22N4O2/c1-28-21-7-5-4-6-16(21)15-23(28)24-20-14-17(8-13-22(20)29(2)27-24)25(30)26-18-9-11-19(31-3)12-10-18/h4-15H,1-3H3,(H,26,30). The molecule has 0 fully saturated rings. The summed E-state index contributed by atoms with van der Waals surface area (Å²) in [7, 11) is 5.58. The quantitative estimate of drug-likeness (QED) is 0.454. The number of benzene rings is 3. The zero-order valence-corrected chi connectivity index (χ0v) is 17.6. The Hall–Kier alpha value is -4.06. The Balaban J connectivity index is 1.56. The minimum atomic E-state index is -0.168. The van der Waals surface area contributed by atoms with Crippen LogP contribution in [0.2, 0.25) is 0 Å². The molecule has 0 spiro atoms. The molecular formula is C25H22N4O2. The lowest BCUT2D eigenvalue weighted by Gasteiger charge is -2.07. The highest BCUT2D eigenvalue weighted by Crippen LogP contribution is 2.32. The lowest BCUT2D eigenvalue weighted by atomic mass is 10.1. The molecule has 0 aliphatic heterocycles. The molecule has 1 amide bonds. The molecule has 6 nitrogen and oxygen atoms in total. The SMILES string of the molecule is COc1ccc(NC(=O)c2ccc3c(c2)c(-c2cc4ccccc4n2C)nn3C)cc1. The molecule has 0 aliphatic carbocycles. The number of fused-ring (bicyclic) bond motifs is 2. The second-order valence-electron chi connectivity index (χ2n) is 7.53. The average Bonchev–Trinajstić information content (AvgIpc) is 3.31. The van der Waals surface area contributed by atoms with Crippen LogP contribution in [0.1, 0.15) is 10.4 Å². The third kappa shape index (κ3) is 3.22. The van der Waals surface area contributed by atoms with Crippen LogP contribution in [0.25, 0.3) is 33.2 Å². The summed E-state index contributed by atoms with van der Waals surface area (Å²) in [5, 5.41) is 9.82. The molecule has 2 aromatic heterocycles. The van der Waals surface area contributed by atoms with E-state index in [1.165, 1.54) is 0 Å². The van der Waals surface area contributed by atoms with Crippen molar-refractivity contribution in [2.75, 3.05) is 12.4 Å². The number of para-hydroxylation sites is 1. The Kier molecular flexibility index (Phi) is 4.47. The maximum absolute atomic E-state index is 12.9. The van der Waals surface area contributed by atoms with E-state index in [2.05, 4.69) is 28.1 Å². The second-order valence-corrected chi connectivity index (χ2v) is 7.53. The normalized spacial score (nSPS) is 11.2. The first-order valence-electron chi connectivity index (χ1n) is 10.0. The molecule has 6 heteroatoms. The summed E-state index contributed by atoms with van der Waals surface area (Å²) < 4.78 is 9.17. The maximum atomic E-state index is 12.9. The molecule has 0 unspecified atom stereocenters. The first-order valence-corrected chi connectivity index (χ1v) is 10.0. The number of aromatic nitrogens is 3. The van der Waals surface area contributed by atoms with Crippen LogP contribution in [0.15, 0.2) is 72.8 Å². The molecule has 31 heavy (non-hydrogen) atoms. The predicted octanol–water partition coefficient (Wildman–Crippen LogP) is 4.99. The molecule has 0 saturated carbocycles. The highest BCUT2D eigenvalue weighted by molar-refractivity contribution is 6.08. The molecule has 2 heterocycles. The van der Waals surface area contributed by atoms with Gasteiger partial charge in [0, 0.05) is 41.6 Å². The first-order chi connectivity index (χ1) is 15.0. The molecule has 154 valence electrons. The van der Waals surface area contributed by atoms with Crippen molar-refractivity contribution in [1.29, 1.82) is 0 Å². The van der Waals surface area contributed by atoms with Gasteiger partial charge < -0.3 is 14.6 Å². The van der Waals surface area contributed by atoms with Crippen LogP contribution in [0.3, 0.4) is 0 Å². The Morgan fingerprint density at radius 3 is 2.45 bits per heavy atom. The molecule has 0 bridgehead atoms. The van der Waals surface area contributed by atoms with Crippen molar-refractivity contribution in [3.8, 4) is 17.1 Å². The van der Waals surface area contributed by atoms with Gasteiger partial charge in [0.05, 0.1) is 18.3 Å². The Morgan fingerprint density at radius 1 is 0.935 bits per heavy atom. The zero-order valence-electron chi connectivity index (χ0n) is 17.6. The van der Waals surface area contributed by atoms with Crippen LogP contribution in [0, 0.1) is 0 Å². The summed E-state index contributed by atoms with van der Waals surface area (Å²) in [6, 6.07) is 23.3. The van der Waals surface area contributed by atoms with E-state index in [4.69, 9.17) is 9.84 Å². The van der Waals surface area contributed by atoms with Gasteiger partial charge in [-0.25, -0.2) is 0 Å². The van der Waals surface area contributed by atoms with Crippen LogP contribution in [0.5, 0.6) is 5.75 Å². The van der Waals surface area contributed by atoms with E-state index in [1.54, 1.807) is 7.11 Å². The predicted molar refractivity (Wildman–Crippen MR) is 124 cm³/mol. The lowest BCUT2D eigenvalue weighted by Crippen LogP contribution is -2.11. The van der Waals surface area contributed by atoms with Crippen LogP contribution in [0.4, 0.5) is 5.69 Å². The van der Waals surface area contributed by atoms with Gasteiger partial charge in [0.25, 0.3) is 5.91 Å². The topological polar surface area (TPSA) is 61.1 Å². The monoisotopic (exact) mass is 410 g/mol. The van der Waals surface area contributed by atoms with Crippen LogP contribution in [-0.2, 0) is 14.1 Å². The van der Waals surface area contributed by atoms with Gasteiger partial charge in [0.1, 0.15) is 11.4 Å². The molecule has 0 atom stereocenters. The van der Waals surface area contributed by atoms with E-state index in [0.29, 0.717) is 11.3 Å². The fourth-order valence-corrected chi connectivity index (χ4v) is 3.99. The van der Waals surface area contributed by atoms with Gasteiger partial charge in [0.15, 0.2) is 0 Å². The number of amides is 1. The third-order valence-electron chi connectivity index (χ3n) is 5.65. The van der Waals surface area contributed by atoms with Crippen molar-refractivity contribution in [3.05, 3.63) is 78.4 Å². The Morgan fingerprint density at radius 2 is 1.71 bits per heavy atom. The highest BCUT2D eigenvalue weighted by atomic mass is 16.5. The minimum Gasteiger partial charge on any atom is -0.497 e. The smallest absolute Gasteiger partial charge is 0.255 e. The molecule has 1 N–H and O–H groups in total. The first kappa shape index (κ1) is 18.9. The summed E-state index contributed by atoms with van der Waals surface area (Å²) in [6.07, 6.45) is 0. The number of nitrogens with zero attached hydrogens (tertiary/aromatic N) is 3. The van der Waals surface area contributed by atoms with Gasteiger partial charge >= 0.3 is 0 Å². The molecular weight excluding hydrogens is 388 g/mol. The largest absolute Gasteiger partial charge is 0.497 e. The van der Waals surface area contributed by atoms with Gasteiger partial charge in [-0.1, -0.05) is 18.2 Å². The van der Waals surface area contributed by atoms with E-state index in [9.17, 15) is 4.79 Å². The van der Waals surface area contributed by atoms with Crippen molar-refractivity contribution < 1.29 is 9.53 Å². The number of anilines is 1. The van der Waals surface area contributed by atoms with Gasteiger partial charge in [-0.05, 0) is 54.6 Å². The molecule has 5 aromatic rings. The lowest BCUT2D eigenvalue weighted by molar-refractivity contribution is 0.102. The number of carbonyl (C=O) groups is 1. The van der Waals surface area contributed by atoms with Gasteiger partial charge in [0.2, 0.25) is 0 Å². The summed E-state index contributed by atoms with van der Waals surface area (Å²) in [5.74, 6) is 0.577. The van der Waals surface area contributed by atoms with Gasteiger partial charge in [-0.2, -0.15) is 5.10 Å². The number of rotatable bonds is 4. The number of ether oxygens (including phenoxy) is 1. The molecule has 0 aliphatic rings. The average molecular weight is 410 g/mol. The van der Waals surface area contributed by atoms with Crippen LogP contribution in [-0.4, -0.2) is 27.4 Å². The number of hydrogen-bond donors (Lipinski definition) is 1. The van der Waals surface area contributed by atoms with Crippen LogP contribution < -0.4 is 10.1 Å². The van der Waals surface area contributed by atoms with Gasteiger partial charge in [-0.15, -0.1) is 0 Å². The third-order valence-corrected chi connectivity index (χ3v) is 5.65. The molecule has 0 saturated heterocycles. The molecule has 5 rings (SSSR count). The Bertz CT molecular complexity index is 1430.